The summed E-state index contributed by atoms with van der Waals surface area (Å²) in [5.41, 5.74) is 6.45. The fourth-order valence-corrected chi connectivity index (χ4v) is 2.98. The van der Waals surface area contributed by atoms with Crippen LogP contribution in [0.5, 0.6) is 0 Å². The number of aryl methyl sites for hydroxylation is 2. The number of nitrogens with two attached hydrogens (primary N) is 1. The van der Waals surface area contributed by atoms with Gasteiger partial charge in [0.25, 0.3) is 5.91 Å². The Labute approximate surface area is 107 Å². The van der Waals surface area contributed by atoms with E-state index in [4.69, 9.17) is 5.73 Å². The molecule has 2 aromatic heterocycles. The number of hydrogen-bond donors (Lipinski definition) is 3. The van der Waals surface area contributed by atoms with Gasteiger partial charge in [-0.1, -0.05) is 0 Å². The molecule has 0 aromatic carbocycles. The Hall–Kier alpha value is -1.96. The number of aromatic amines is 1. The van der Waals surface area contributed by atoms with Crippen molar-refractivity contribution in [3.63, 3.8) is 0 Å². The number of hydrogen-bond acceptors (Lipinski definition) is 6. The minimum atomic E-state index is -0.370. The first kappa shape index (κ1) is 11.1. The van der Waals surface area contributed by atoms with Crippen molar-refractivity contribution in [2.24, 2.45) is 0 Å². The summed E-state index contributed by atoms with van der Waals surface area (Å²) >= 11 is 1.53. The van der Waals surface area contributed by atoms with E-state index in [-0.39, 0.29) is 17.7 Å². The average Bonchev–Trinajstić information content (AvgIpc) is 2.94. The van der Waals surface area contributed by atoms with Gasteiger partial charge in [0.1, 0.15) is 0 Å². The predicted molar refractivity (Wildman–Crippen MR) is 67.5 cm³/mol. The molecule has 1 aliphatic carbocycles. The minimum absolute atomic E-state index is 0.0542. The Morgan fingerprint density at radius 1 is 1.33 bits per heavy atom. The Bertz CT molecular complexity index is 565. The molecule has 0 radical (unpaired) electrons. The molecule has 0 saturated heterocycles. The van der Waals surface area contributed by atoms with E-state index in [2.05, 4.69) is 25.5 Å². The van der Waals surface area contributed by atoms with Crippen LogP contribution in [0.2, 0.25) is 0 Å². The molecule has 0 aliphatic heterocycles. The first-order valence-electron chi connectivity index (χ1n) is 5.70. The van der Waals surface area contributed by atoms with Crippen LogP contribution >= 0.6 is 11.3 Å². The fourth-order valence-electron chi connectivity index (χ4n) is 1.94. The van der Waals surface area contributed by atoms with Crippen molar-refractivity contribution in [1.82, 2.24) is 20.2 Å². The number of amides is 1. The third-order valence-electron chi connectivity index (χ3n) is 2.78. The van der Waals surface area contributed by atoms with Crippen molar-refractivity contribution in [2.75, 3.05) is 11.1 Å². The van der Waals surface area contributed by atoms with Crippen molar-refractivity contribution in [3.8, 4) is 0 Å². The van der Waals surface area contributed by atoms with Gasteiger partial charge in [0.05, 0.1) is 5.69 Å². The van der Waals surface area contributed by atoms with E-state index in [0.29, 0.717) is 5.13 Å². The molecule has 3 rings (SSSR count). The summed E-state index contributed by atoms with van der Waals surface area (Å²) in [6.07, 6.45) is 4.42. The number of fused-ring (bicyclic) bond motifs is 1. The molecule has 1 aliphatic rings. The van der Waals surface area contributed by atoms with Crippen LogP contribution in [0, 0.1) is 0 Å². The molecule has 7 nitrogen and oxygen atoms in total. The van der Waals surface area contributed by atoms with Crippen molar-refractivity contribution in [2.45, 2.75) is 25.7 Å². The number of rotatable bonds is 2. The summed E-state index contributed by atoms with van der Waals surface area (Å²) in [5.74, 6) is -0.218. The molecule has 94 valence electrons. The van der Waals surface area contributed by atoms with Crippen LogP contribution in [0.15, 0.2) is 0 Å². The highest BCUT2D eigenvalue weighted by atomic mass is 32.1. The Kier molecular flexibility index (Phi) is 2.71. The lowest BCUT2D eigenvalue weighted by Crippen LogP contribution is -2.13. The molecule has 0 saturated carbocycles. The zero-order valence-corrected chi connectivity index (χ0v) is 10.4. The van der Waals surface area contributed by atoms with E-state index in [1.54, 1.807) is 0 Å². The summed E-state index contributed by atoms with van der Waals surface area (Å²) in [7, 11) is 0. The van der Waals surface area contributed by atoms with Gasteiger partial charge in [-0.25, -0.2) is 4.98 Å². The predicted octanol–water partition coefficient (Wildman–Crippen LogP) is 0.974. The lowest BCUT2D eigenvalue weighted by molar-refractivity contribution is 0.101. The number of H-pyrrole nitrogens is 1. The summed E-state index contributed by atoms with van der Waals surface area (Å²) in [5, 5.41) is 9.39. The largest absolute Gasteiger partial charge is 0.366 e. The Balaban J connectivity index is 1.76. The van der Waals surface area contributed by atoms with Crippen LogP contribution in [0.3, 0.4) is 0 Å². The highest BCUT2D eigenvalue weighted by Crippen LogP contribution is 2.29. The normalized spacial score (nSPS) is 14.2. The molecule has 8 heteroatoms. The summed E-state index contributed by atoms with van der Waals surface area (Å²) < 4.78 is 0. The van der Waals surface area contributed by atoms with E-state index in [9.17, 15) is 4.79 Å². The van der Waals surface area contributed by atoms with Crippen LogP contribution in [0.1, 0.15) is 34.0 Å². The SMILES string of the molecule is Nc1n[nH]c(C(=O)Nc2nc3c(s2)CCCC3)n1. The highest BCUT2D eigenvalue weighted by Gasteiger charge is 2.18. The number of nitrogen functional groups attached to an aromatic ring is 1. The molecule has 2 heterocycles. The molecule has 0 bridgehead atoms. The van der Waals surface area contributed by atoms with Gasteiger partial charge < -0.3 is 5.73 Å². The van der Waals surface area contributed by atoms with Gasteiger partial charge in [-0.05, 0) is 25.7 Å². The van der Waals surface area contributed by atoms with Gasteiger partial charge in [-0.3, -0.25) is 15.2 Å². The number of nitrogens with zero attached hydrogens (tertiary/aromatic N) is 3. The number of carbonyl (C=O) groups is 1. The monoisotopic (exact) mass is 264 g/mol. The smallest absolute Gasteiger partial charge is 0.294 e. The van der Waals surface area contributed by atoms with Gasteiger partial charge in [0.15, 0.2) is 5.13 Å². The molecule has 0 spiro atoms. The third kappa shape index (κ3) is 2.06. The number of aromatic nitrogens is 4. The second kappa shape index (κ2) is 4.37. The first-order chi connectivity index (χ1) is 8.72. The quantitative estimate of drug-likeness (QED) is 0.748. The lowest BCUT2D eigenvalue weighted by atomic mass is 10.0. The Morgan fingerprint density at radius 3 is 2.89 bits per heavy atom. The van der Waals surface area contributed by atoms with Crippen molar-refractivity contribution in [3.05, 3.63) is 16.4 Å². The molecular weight excluding hydrogens is 252 g/mol. The number of nitrogens with one attached hydrogen (secondary N) is 2. The van der Waals surface area contributed by atoms with Gasteiger partial charge in [-0.2, -0.15) is 4.98 Å². The zero-order chi connectivity index (χ0) is 12.5. The van der Waals surface area contributed by atoms with Crippen LogP contribution in [0.25, 0.3) is 0 Å². The van der Waals surface area contributed by atoms with Crippen molar-refractivity contribution >= 4 is 28.3 Å². The second-order valence-corrected chi connectivity index (χ2v) is 5.18. The van der Waals surface area contributed by atoms with E-state index in [1.165, 1.54) is 29.1 Å². The Morgan fingerprint density at radius 2 is 2.17 bits per heavy atom. The topological polar surface area (TPSA) is 110 Å². The van der Waals surface area contributed by atoms with Crippen molar-refractivity contribution in [1.29, 1.82) is 0 Å². The summed E-state index contributed by atoms with van der Waals surface area (Å²) in [6.45, 7) is 0. The molecule has 2 aromatic rings. The van der Waals surface area contributed by atoms with Crippen molar-refractivity contribution < 1.29 is 4.79 Å². The van der Waals surface area contributed by atoms with Crippen LogP contribution in [0.4, 0.5) is 11.1 Å². The standard InChI is InChI=1S/C10H12N6OS/c11-9-13-7(15-16-9)8(17)14-10-12-5-3-1-2-4-6(5)18-10/h1-4H2,(H,12,14,17)(H3,11,13,15,16). The van der Waals surface area contributed by atoms with Crippen LogP contribution in [-0.2, 0) is 12.8 Å². The lowest BCUT2D eigenvalue weighted by Gasteiger charge is -2.06. The minimum Gasteiger partial charge on any atom is -0.366 e. The fraction of sp³-hybridized carbons (Fsp3) is 0.400. The maximum absolute atomic E-state index is 11.8. The van der Waals surface area contributed by atoms with Gasteiger partial charge in [-0.15, -0.1) is 16.4 Å². The van der Waals surface area contributed by atoms with E-state index < -0.39 is 0 Å². The maximum Gasteiger partial charge on any atom is 0.294 e. The maximum atomic E-state index is 11.8. The molecule has 0 unspecified atom stereocenters. The second-order valence-electron chi connectivity index (χ2n) is 4.09. The average molecular weight is 264 g/mol. The first-order valence-corrected chi connectivity index (χ1v) is 6.52. The van der Waals surface area contributed by atoms with Crippen LogP contribution < -0.4 is 11.1 Å². The number of carbonyl (C=O) groups excluding carboxylic acids is 1. The van der Waals surface area contributed by atoms with Gasteiger partial charge in [0, 0.05) is 4.88 Å². The zero-order valence-electron chi connectivity index (χ0n) is 9.56. The molecule has 4 N–H and O–H groups in total. The van der Waals surface area contributed by atoms with E-state index >= 15 is 0 Å². The molecule has 0 atom stereocenters. The number of anilines is 2. The molecular formula is C10H12N6OS. The summed E-state index contributed by atoms with van der Waals surface area (Å²) in [6, 6.07) is 0. The highest BCUT2D eigenvalue weighted by molar-refractivity contribution is 7.15. The van der Waals surface area contributed by atoms with Gasteiger partial charge in [0.2, 0.25) is 11.8 Å². The van der Waals surface area contributed by atoms with Gasteiger partial charge >= 0.3 is 0 Å². The van der Waals surface area contributed by atoms with Crippen LogP contribution in [-0.4, -0.2) is 26.1 Å². The molecule has 1 amide bonds. The number of thiazole rings is 1. The van der Waals surface area contributed by atoms with E-state index in [1.807, 2.05) is 0 Å². The summed E-state index contributed by atoms with van der Waals surface area (Å²) in [4.78, 5) is 21.3. The third-order valence-corrected chi connectivity index (χ3v) is 3.86. The molecule has 0 fully saturated rings. The molecule has 18 heavy (non-hydrogen) atoms. The van der Waals surface area contributed by atoms with E-state index in [0.717, 1.165) is 18.5 Å².